The van der Waals surface area contributed by atoms with E-state index in [0.29, 0.717) is 17.2 Å². The molecule has 0 amide bonds. The minimum atomic E-state index is -0.728. The molecule has 2 rings (SSSR count). The minimum Gasteiger partial charge on any atom is -0.495 e. The third-order valence-electron chi connectivity index (χ3n) is 2.71. The fourth-order valence-corrected chi connectivity index (χ4v) is 1.94. The van der Waals surface area contributed by atoms with Gasteiger partial charge in [0.25, 0.3) is 0 Å². The molecule has 80 valence electrons. The molecule has 1 aromatic rings. The summed E-state index contributed by atoms with van der Waals surface area (Å²) in [6.07, 6.45) is 0.708. The Morgan fingerprint density at radius 2 is 2.33 bits per heavy atom. The number of hydrogen-bond donors (Lipinski definition) is 1. The number of hydrogen-bond acceptors (Lipinski definition) is 2. The van der Waals surface area contributed by atoms with E-state index in [2.05, 4.69) is 0 Å². The smallest absolute Gasteiger partial charge is 0.307 e. The average molecular weight is 227 g/mol. The van der Waals surface area contributed by atoms with E-state index in [4.69, 9.17) is 21.4 Å². The quantitative estimate of drug-likeness (QED) is 0.862. The SMILES string of the molecule is COc1cc([C@@H]2C[C@H]2C(=O)O)ccc1Cl. The third kappa shape index (κ3) is 1.92. The van der Waals surface area contributed by atoms with Crippen molar-refractivity contribution in [3.8, 4) is 5.75 Å². The first-order valence-corrected chi connectivity index (χ1v) is 5.07. The van der Waals surface area contributed by atoms with Crippen LogP contribution in [0.5, 0.6) is 5.75 Å². The molecule has 1 N–H and O–H groups in total. The van der Waals surface area contributed by atoms with Crippen LogP contribution in [0.25, 0.3) is 0 Å². The van der Waals surface area contributed by atoms with Gasteiger partial charge in [-0.15, -0.1) is 0 Å². The summed E-state index contributed by atoms with van der Waals surface area (Å²) < 4.78 is 5.08. The molecule has 1 aliphatic rings. The maximum Gasteiger partial charge on any atom is 0.307 e. The highest BCUT2D eigenvalue weighted by Crippen LogP contribution is 2.48. The fourth-order valence-electron chi connectivity index (χ4n) is 1.74. The number of carboxylic acids is 1. The Labute approximate surface area is 92.6 Å². The van der Waals surface area contributed by atoms with Gasteiger partial charge in [-0.3, -0.25) is 4.79 Å². The third-order valence-corrected chi connectivity index (χ3v) is 3.02. The summed E-state index contributed by atoms with van der Waals surface area (Å²) >= 11 is 5.88. The summed E-state index contributed by atoms with van der Waals surface area (Å²) in [5.74, 6) is -0.247. The molecule has 15 heavy (non-hydrogen) atoms. The molecule has 1 fully saturated rings. The van der Waals surface area contributed by atoms with Gasteiger partial charge in [0.05, 0.1) is 18.1 Å². The van der Waals surface area contributed by atoms with E-state index in [0.717, 1.165) is 5.56 Å². The van der Waals surface area contributed by atoms with E-state index >= 15 is 0 Å². The molecular weight excluding hydrogens is 216 g/mol. The number of aliphatic carboxylic acids is 1. The molecule has 2 atom stereocenters. The Hall–Kier alpha value is -1.22. The standard InChI is InChI=1S/C11H11ClO3/c1-15-10-4-6(2-3-9(10)12)7-5-8(7)11(13)14/h2-4,7-8H,5H2,1H3,(H,13,14)/t7-,8+/m0/s1. The molecule has 1 aromatic carbocycles. The number of carbonyl (C=O) groups is 1. The van der Waals surface area contributed by atoms with E-state index in [1.54, 1.807) is 13.2 Å². The zero-order valence-corrected chi connectivity index (χ0v) is 8.99. The van der Waals surface area contributed by atoms with Gasteiger partial charge in [0, 0.05) is 0 Å². The first-order valence-electron chi connectivity index (χ1n) is 4.69. The Morgan fingerprint density at radius 1 is 1.60 bits per heavy atom. The zero-order valence-electron chi connectivity index (χ0n) is 8.24. The van der Waals surface area contributed by atoms with Gasteiger partial charge >= 0.3 is 5.97 Å². The van der Waals surface area contributed by atoms with Crippen LogP contribution in [0.15, 0.2) is 18.2 Å². The molecule has 0 aromatic heterocycles. The second-order valence-electron chi connectivity index (χ2n) is 3.68. The van der Waals surface area contributed by atoms with Crippen LogP contribution in [0.2, 0.25) is 5.02 Å². The van der Waals surface area contributed by atoms with Crippen LogP contribution in [0.3, 0.4) is 0 Å². The van der Waals surface area contributed by atoms with Gasteiger partial charge in [0.15, 0.2) is 0 Å². The van der Waals surface area contributed by atoms with Crippen molar-refractivity contribution in [2.75, 3.05) is 7.11 Å². The number of rotatable bonds is 3. The van der Waals surface area contributed by atoms with Crippen LogP contribution in [-0.2, 0) is 4.79 Å². The second-order valence-corrected chi connectivity index (χ2v) is 4.09. The minimum absolute atomic E-state index is 0.119. The Bertz CT molecular complexity index is 403. The van der Waals surface area contributed by atoms with Crippen LogP contribution in [-0.4, -0.2) is 18.2 Å². The van der Waals surface area contributed by atoms with Gasteiger partial charge in [-0.05, 0) is 30.0 Å². The predicted molar refractivity (Wildman–Crippen MR) is 56.5 cm³/mol. The van der Waals surface area contributed by atoms with Crippen molar-refractivity contribution in [1.29, 1.82) is 0 Å². The number of carboxylic acid groups (broad SMARTS) is 1. The van der Waals surface area contributed by atoms with Crippen LogP contribution in [0.4, 0.5) is 0 Å². The molecule has 0 saturated heterocycles. The largest absolute Gasteiger partial charge is 0.495 e. The Morgan fingerprint density at radius 3 is 2.87 bits per heavy atom. The highest BCUT2D eigenvalue weighted by molar-refractivity contribution is 6.32. The van der Waals surface area contributed by atoms with Crippen molar-refractivity contribution in [3.63, 3.8) is 0 Å². The molecule has 0 radical (unpaired) electrons. The van der Waals surface area contributed by atoms with Gasteiger partial charge in [-0.1, -0.05) is 17.7 Å². The lowest BCUT2D eigenvalue weighted by Crippen LogP contribution is -1.99. The summed E-state index contributed by atoms with van der Waals surface area (Å²) in [4.78, 5) is 10.7. The normalized spacial score (nSPS) is 23.6. The van der Waals surface area contributed by atoms with Gasteiger partial charge in [-0.2, -0.15) is 0 Å². The zero-order chi connectivity index (χ0) is 11.0. The lowest BCUT2D eigenvalue weighted by atomic mass is 10.1. The van der Waals surface area contributed by atoms with Crippen molar-refractivity contribution in [1.82, 2.24) is 0 Å². The van der Waals surface area contributed by atoms with Crippen LogP contribution in [0.1, 0.15) is 17.9 Å². The fraction of sp³-hybridized carbons (Fsp3) is 0.364. The van der Waals surface area contributed by atoms with Gasteiger partial charge in [0.2, 0.25) is 0 Å². The molecule has 1 saturated carbocycles. The summed E-state index contributed by atoms with van der Waals surface area (Å²) in [6.45, 7) is 0. The predicted octanol–water partition coefficient (Wildman–Crippen LogP) is 2.54. The maximum atomic E-state index is 10.7. The summed E-state index contributed by atoms with van der Waals surface area (Å²) in [5.41, 5.74) is 0.989. The molecule has 0 bridgehead atoms. The highest BCUT2D eigenvalue weighted by atomic mass is 35.5. The molecule has 0 aliphatic heterocycles. The first-order chi connectivity index (χ1) is 7.13. The average Bonchev–Trinajstić information content (AvgIpc) is 2.98. The van der Waals surface area contributed by atoms with Crippen LogP contribution >= 0.6 is 11.6 Å². The molecule has 0 spiro atoms. The summed E-state index contributed by atoms with van der Waals surface area (Å²) in [7, 11) is 1.55. The number of benzene rings is 1. The van der Waals surface area contributed by atoms with Crippen LogP contribution in [0, 0.1) is 5.92 Å². The number of methoxy groups -OCH3 is 1. The maximum absolute atomic E-state index is 10.7. The van der Waals surface area contributed by atoms with Crippen molar-refractivity contribution in [2.45, 2.75) is 12.3 Å². The van der Waals surface area contributed by atoms with E-state index in [1.165, 1.54) is 0 Å². The van der Waals surface area contributed by atoms with E-state index in [-0.39, 0.29) is 11.8 Å². The first kappa shape index (κ1) is 10.3. The molecular formula is C11H11ClO3. The highest BCUT2D eigenvalue weighted by Gasteiger charge is 2.44. The molecule has 4 heteroatoms. The van der Waals surface area contributed by atoms with E-state index in [1.807, 2.05) is 12.1 Å². The van der Waals surface area contributed by atoms with Crippen molar-refractivity contribution in [3.05, 3.63) is 28.8 Å². The summed E-state index contributed by atoms with van der Waals surface area (Å²) in [6, 6.07) is 5.42. The second kappa shape index (κ2) is 3.74. The van der Waals surface area contributed by atoms with Gasteiger partial charge in [0.1, 0.15) is 5.75 Å². The lowest BCUT2D eigenvalue weighted by molar-refractivity contribution is -0.138. The van der Waals surface area contributed by atoms with Crippen LogP contribution < -0.4 is 4.74 Å². The Kier molecular flexibility index (Phi) is 2.57. The van der Waals surface area contributed by atoms with Gasteiger partial charge < -0.3 is 9.84 Å². The summed E-state index contributed by atoms with van der Waals surface area (Å²) in [5, 5.41) is 9.36. The van der Waals surface area contributed by atoms with Gasteiger partial charge in [-0.25, -0.2) is 0 Å². The van der Waals surface area contributed by atoms with Crippen molar-refractivity contribution < 1.29 is 14.6 Å². The van der Waals surface area contributed by atoms with Crippen molar-refractivity contribution in [2.24, 2.45) is 5.92 Å². The molecule has 1 aliphatic carbocycles. The topological polar surface area (TPSA) is 46.5 Å². The molecule has 0 heterocycles. The van der Waals surface area contributed by atoms with Crippen molar-refractivity contribution >= 4 is 17.6 Å². The number of halogens is 1. The molecule has 3 nitrogen and oxygen atoms in total. The van der Waals surface area contributed by atoms with E-state index in [9.17, 15) is 4.79 Å². The Balaban J connectivity index is 2.21. The lowest BCUT2D eigenvalue weighted by Gasteiger charge is -2.05. The van der Waals surface area contributed by atoms with E-state index < -0.39 is 5.97 Å². The molecule has 0 unspecified atom stereocenters. The monoisotopic (exact) mass is 226 g/mol. The number of ether oxygens (including phenoxy) is 1.